The zero-order chi connectivity index (χ0) is 13.2. The van der Waals surface area contributed by atoms with Crippen LogP contribution in [0.15, 0.2) is 18.2 Å². The van der Waals surface area contributed by atoms with Crippen molar-refractivity contribution in [3.63, 3.8) is 0 Å². The van der Waals surface area contributed by atoms with Crippen molar-refractivity contribution in [1.82, 2.24) is 0 Å². The van der Waals surface area contributed by atoms with E-state index in [2.05, 4.69) is 12.2 Å². The first-order valence-corrected chi connectivity index (χ1v) is 7.00. The van der Waals surface area contributed by atoms with Crippen LogP contribution < -0.4 is 11.1 Å². The zero-order valence-electron chi connectivity index (χ0n) is 10.4. The van der Waals surface area contributed by atoms with Crippen LogP contribution in [0.3, 0.4) is 0 Å². The summed E-state index contributed by atoms with van der Waals surface area (Å²) in [5, 5.41) is 12.4. The molecular weight excluding hydrogens is 248 g/mol. The quantitative estimate of drug-likeness (QED) is 0.730. The molecule has 0 spiro atoms. The molecule has 1 aliphatic rings. The highest BCUT2D eigenvalue weighted by Crippen LogP contribution is 2.38. The number of carboxylic acid groups (broad SMARTS) is 1. The lowest BCUT2D eigenvalue weighted by molar-refractivity contribution is 0.0698. The molecule has 5 heteroatoms. The number of nitrogens with one attached hydrogen (secondary N) is 1. The van der Waals surface area contributed by atoms with Gasteiger partial charge in [0.25, 0.3) is 0 Å². The average Bonchev–Trinajstić information content (AvgIpc) is 2.74. The fourth-order valence-electron chi connectivity index (χ4n) is 2.20. The Labute approximate surface area is 111 Å². The molecule has 0 bridgehead atoms. The van der Waals surface area contributed by atoms with Gasteiger partial charge in [-0.3, -0.25) is 0 Å². The maximum atomic E-state index is 11.1. The monoisotopic (exact) mass is 266 g/mol. The number of carbonyl (C=O) groups is 1. The van der Waals surface area contributed by atoms with Gasteiger partial charge in [-0.1, -0.05) is 6.07 Å². The van der Waals surface area contributed by atoms with Gasteiger partial charge < -0.3 is 16.2 Å². The summed E-state index contributed by atoms with van der Waals surface area (Å²) in [5.41, 5.74) is 7.12. The number of hydrogen-bond acceptors (Lipinski definition) is 4. The van der Waals surface area contributed by atoms with Crippen molar-refractivity contribution in [2.24, 2.45) is 0 Å². The van der Waals surface area contributed by atoms with Crippen molar-refractivity contribution in [3.05, 3.63) is 23.8 Å². The molecule has 0 saturated carbocycles. The van der Waals surface area contributed by atoms with Crippen LogP contribution in [0.25, 0.3) is 0 Å². The molecular formula is C13H18N2O2S. The molecule has 1 aliphatic heterocycles. The number of carboxylic acids is 1. The smallest absolute Gasteiger partial charge is 0.337 e. The first kappa shape index (κ1) is 13.1. The molecule has 2 rings (SSSR count). The Morgan fingerprint density at radius 3 is 3.00 bits per heavy atom. The molecule has 1 saturated heterocycles. The summed E-state index contributed by atoms with van der Waals surface area (Å²) < 4.78 is 0.179. The van der Waals surface area contributed by atoms with E-state index in [1.807, 2.05) is 11.8 Å². The van der Waals surface area contributed by atoms with E-state index in [1.54, 1.807) is 18.2 Å². The van der Waals surface area contributed by atoms with Gasteiger partial charge in [0.05, 0.1) is 16.9 Å². The van der Waals surface area contributed by atoms with Crippen LogP contribution >= 0.6 is 11.8 Å². The van der Waals surface area contributed by atoms with E-state index in [1.165, 1.54) is 12.2 Å². The number of nitrogens with two attached hydrogens (primary N) is 1. The van der Waals surface area contributed by atoms with Gasteiger partial charge in [-0.05, 0) is 37.7 Å². The van der Waals surface area contributed by atoms with Gasteiger partial charge in [0, 0.05) is 11.3 Å². The first-order chi connectivity index (χ1) is 8.52. The summed E-state index contributed by atoms with van der Waals surface area (Å²) in [5.74, 6) is 0.225. The van der Waals surface area contributed by atoms with Crippen LogP contribution in [0.5, 0.6) is 0 Å². The lowest BCUT2D eigenvalue weighted by Crippen LogP contribution is -2.28. The number of anilines is 2. The van der Waals surface area contributed by atoms with Crippen LogP contribution in [0.2, 0.25) is 0 Å². The fraction of sp³-hybridized carbons (Fsp3) is 0.462. The van der Waals surface area contributed by atoms with Crippen molar-refractivity contribution in [2.45, 2.75) is 24.5 Å². The lowest BCUT2D eigenvalue weighted by atomic mass is 10.0. The second kappa shape index (κ2) is 5.10. The number of rotatable bonds is 4. The SMILES string of the molecule is CC1(CNc2c(N)cccc2C(=O)O)CCCS1. The van der Waals surface area contributed by atoms with E-state index in [0.29, 0.717) is 11.4 Å². The molecule has 0 aliphatic carbocycles. The predicted octanol–water partition coefficient (Wildman–Crippen LogP) is 2.66. The summed E-state index contributed by atoms with van der Waals surface area (Å²) in [6, 6.07) is 4.96. The van der Waals surface area contributed by atoms with Crippen molar-refractivity contribution in [2.75, 3.05) is 23.3 Å². The minimum atomic E-state index is -0.950. The Balaban J connectivity index is 2.15. The van der Waals surface area contributed by atoms with Crippen LogP contribution in [0, 0.1) is 0 Å². The molecule has 1 fully saturated rings. The third kappa shape index (κ3) is 2.72. The Hall–Kier alpha value is -1.36. The largest absolute Gasteiger partial charge is 0.478 e. The molecule has 0 radical (unpaired) electrons. The van der Waals surface area contributed by atoms with Crippen molar-refractivity contribution in [1.29, 1.82) is 0 Å². The van der Waals surface area contributed by atoms with E-state index in [4.69, 9.17) is 10.8 Å². The van der Waals surface area contributed by atoms with Crippen LogP contribution in [0.1, 0.15) is 30.1 Å². The highest BCUT2D eigenvalue weighted by molar-refractivity contribution is 8.00. The van der Waals surface area contributed by atoms with E-state index in [0.717, 1.165) is 13.0 Å². The Morgan fingerprint density at radius 1 is 1.61 bits per heavy atom. The molecule has 4 N–H and O–H groups in total. The molecule has 1 atom stereocenters. The summed E-state index contributed by atoms with van der Waals surface area (Å²) in [6.45, 7) is 2.95. The number of para-hydroxylation sites is 1. The van der Waals surface area contributed by atoms with Crippen LogP contribution in [0.4, 0.5) is 11.4 Å². The Morgan fingerprint density at radius 2 is 2.39 bits per heavy atom. The number of aromatic carboxylic acids is 1. The zero-order valence-corrected chi connectivity index (χ0v) is 11.2. The predicted molar refractivity (Wildman–Crippen MR) is 76.4 cm³/mol. The van der Waals surface area contributed by atoms with Gasteiger partial charge in [0.15, 0.2) is 0 Å². The summed E-state index contributed by atoms with van der Waals surface area (Å²) in [6.07, 6.45) is 2.37. The Kier molecular flexibility index (Phi) is 3.71. The summed E-state index contributed by atoms with van der Waals surface area (Å²) >= 11 is 1.93. The topological polar surface area (TPSA) is 75.3 Å². The van der Waals surface area contributed by atoms with Gasteiger partial charge in [-0.2, -0.15) is 11.8 Å². The molecule has 0 amide bonds. The number of thioether (sulfide) groups is 1. The van der Waals surface area contributed by atoms with Crippen molar-refractivity contribution < 1.29 is 9.90 Å². The molecule has 1 heterocycles. The molecule has 4 nitrogen and oxygen atoms in total. The third-order valence-electron chi connectivity index (χ3n) is 3.27. The third-order valence-corrected chi connectivity index (χ3v) is 4.80. The highest BCUT2D eigenvalue weighted by Gasteiger charge is 2.29. The van der Waals surface area contributed by atoms with Crippen LogP contribution in [-0.2, 0) is 0 Å². The Bertz CT molecular complexity index is 456. The number of benzene rings is 1. The maximum Gasteiger partial charge on any atom is 0.337 e. The van der Waals surface area contributed by atoms with E-state index >= 15 is 0 Å². The minimum Gasteiger partial charge on any atom is -0.478 e. The highest BCUT2D eigenvalue weighted by atomic mass is 32.2. The van der Waals surface area contributed by atoms with Crippen LogP contribution in [-0.4, -0.2) is 28.1 Å². The van der Waals surface area contributed by atoms with Gasteiger partial charge in [-0.25, -0.2) is 4.79 Å². The van der Waals surface area contributed by atoms with Gasteiger partial charge in [0.2, 0.25) is 0 Å². The summed E-state index contributed by atoms with van der Waals surface area (Å²) in [7, 11) is 0. The number of hydrogen-bond donors (Lipinski definition) is 3. The normalized spacial score (nSPS) is 22.9. The van der Waals surface area contributed by atoms with E-state index in [9.17, 15) is 4.79 Å². The molecule has 18 heavy (non-hydrogen) atoms. The van der Waals surface area contributed by atoms with Gasteiger partial charge in [-0.15, -0.1) is 0 Å². The van der Waals surface area contributed by atoms with Crippen molar-refractivity contribution in [3.8, 4) is 0 Å². The summed E-state index contributed by atoms with van der Waals surface area (Å²) in [4.78, 5) is 11.1. The molecule has 1 aromatic rings. The van der Waals surface area contributed by atoms with E-state index < -0.39 is 5.97 Å². The average molecular weight is 266 g/mol. The first-order valence-electron chi connectivity index (χ1n) is 6.01. The van der Waals surface area contributed by atoms with Gasteiger partial charge in [0.1, 0.15) is 0 Å². The number of nitrogen functional groups attached to an aromatic ring is 1. The second-order valence-corrected chi connectivity index (χ2v) is 6.51. The maximum absolute atomic E-state index is 11.1. The molecule has 1 aromatic carbocycles. The lowest BCUT2D eigenvalue weighted by Gasteiger charge is -2.24. The van der Waals surface area contributed by atoms with E-state index in [-0.39, 0.29) is 10.3 Å². The molecule has 1 unspecified atom stereocenters. The van der Waals surface area contributed by atoms with Crippen molar-refractivity contribution >= 4 is 29.1 Å². The minimum absolute atomic E-state index is 0.179. The fourth-order valence-corrected chi connectivity index (χ4v) is 3.44. The second-order valence-electron chi connectivity index (χ2n) is 4.83. The standard InChI is InChI=1S/C13H18N2O2S/c1-13(6-3-7-18-13)8-15-11-9(12(16)17)4-2-5-10(11)14/h2,4-5,15H,3,6-8,14H2,1H3,(H,16,17). The van der Waals surface area contributed by atoms with Gasteiger partial charge >= 0.3 is 5.97 Å². The molecule has 0 aromatic heterocycles. The molecule has 98 valence electrons.